The molecule has 2 unspecified atom stereocenters. The summed E-state index contributed by atoms with van der Waals surface area (Å²) in [6.45, 7) is 8.19. The number of carbonyl (C=O) groups excluding carboxylic acids is 1. The molecule has 13 heavy (non-hydrogen) atoms. The van der Waals surface area contributed by atoms with Crippen molar-refractivity contribution >= 4 is 21.8 Å². The highest BCUT2D eigenvalue weighted by Crippen LogP contribution is 2.14. The smallest absolute Gasteiger partial charge is 0.225 e. The van der Waals surface area contributed by atoms with Gasteiger partial charge in [-0.2, -0.15) is 0 Å². The second-order valence-electron chi connectivity index (χ2n) is 3.99. The van der Waals surface area contributed by atoms with Crippen molar-refractivity contribution in [1.82, 2.24) is 4.90 Å². The van der Waals surface area contributed by atoms with Crippen LogP contribution in [0.3, 0.4) is 0 Å². The van der Waals surface area contributed by atoms with Gasteiger partial charge < -0.3 is 4.90 Å². The molecule has 2 atom stereocenters. The molecule has 0 rings (SSSR count). The molecular weight excluding hydrogens is 230 g/mol. The summed E-state index contributed by atoms with van der Waals surface area (Å²) in [5.74, 6) is 0.769. The van der Waals surface area contributed by atoms with Crippen LogP contribution >= 0.6 is 15.9 Å². The number of alkyl halides is 1. The summed E-state index contributed by atoms with van der Waals surface area (Å²) in [7, 11) is 1.87. The van der Waals surface area contributed by atoms with E-state index in [1.807, 2.05) is 25.8 Å². The lowest BCUT2D eigenvalue weighted by atomic mass is 9.96. The molecule has 0 radical (unpaired) electrons. The molecule has 0 aliphatic rings. The van der Waals surface area contributed by atoms with Crippen molar-refractivity contribution in [2.75, 3.05) is 12.4 Å². The van der Waals surface area contributed by atoms with Gasteiger partial charge >= 0.3 is 0 Å². The molecule has 0 N–H and O–H groups in total. The van der Waals surface area contributed by atoms with E-state index in [0.29, 0.717) is 5.92 Å². The molecule has 0 bridgehead atoms. The van der Waals surface area contributed by atoms with Crippen molar-refractivity contribution in [2.24, 2.45) is 11.8 Å². The lowest BCUT2D eigenvalue weighted by molar-refractivity contribution is -0.136. The van der Waals surface area contributed by atoms with E-state index in [4.69, 9.17) is 0 Å². The van der Waals surface area contributed by atoms with Crippen LogP contribution in [0.1, 0.15) is 27.7 Å². The number of halogens is 1. The van der Waals surface area contributed by atoms with E-state index in [2.05, 4.69) is 29.8 Å². The number of nitrogens with zero attached hydrogens (tertiary/aromatic N) is 1. The van der Waals surface area contributed by atoms with Crippen LogP contribution < -0.4 is 0 Å². The zero-order chi connectivity index (χ0) is 10.6. The topological polar surface area (TPSA) is 20.3 Å². The molecule has 0 fully saturated rings. The molecule has 0 aromatic heterocycles. The van der Waals surface area contributed by atoms with Gasteiger partial charge in [-0.15, -0.1) is 0 Å². The third-order valence-electron chi connectivity index (χ3n) is 2.62. The molecule has 0 aromatic carbocycles. The summed E-state index contributed by atoms with van der Waals surface area (Å²) in [6.07, 6.45) is 0. The van der Waals surface area contributed by atoms with Crippen molar-refractivity contribution in [1.29, 1.82) is 0 Å². The van der Waals surface area contributed by atoms with Gasteiger partial charge in [-0.1, -0.05) is 36.7 Å². The molecule has 1 amide bonds. The first-order chi connectivity index (χ1) is 5.91. The first-order valence-corrected chi connectivity index (χ1v) is 5.86. The van der Waals surface area contributed by atoms with E-state index in [1.165, 1.54) is 0 Å². The van der Waals surface area contributed by atoms with E-state index < -0.39 is 0 Å². The number of hydrogen-bond donors (Lipinski definition) is 0. The van der Waals surface area contributed by atoms with Gasteiger partial charge in [-0.3, -0.25) is 4.79 Å². The number of carbonyl (C=O) groups is 1. The van der Waals surface area contributed by atoms with Crippen LogP contribution in [0.5, 0.6) is 0 Å². The Labute approximate surface area is 89.8 Å². The SMILES string of the molecule is CC(C)C(C)C(=O)N(C)C(C)CBr. The predicted molar refractivity (Wildman–Crippen MR) is 60.0 cm³/mol. The Morgan fingerprint density at radius 3 is 2.08 bits per heavy atom. The van der Waals surface area contributed by atoms with Crippen molar-refractivity contribution < 1.29 is 4.79 Å². The molecule has 0 aliphatic heterocycles. The Hall–Kier alpha value is -0.0500. The number of hydrogen-bond acceptors (Lipinski definition) is 1. The van der Waals surface area contributed by atoms with E-state index >= 15 is 0 Å². The van der Waals surface area contributed by atoms with Crippen LogP contribution in [-0.2, 0) is 4.79 Å². The predicted octanol–water partition coefficient (Wildman–Crippen LogP) is 2.52. The van der Waals surface area contributed by atoms with Gasteiger partial charge in [0.1, 0.15) is 0 Å². The van der Waals surface area contributed by atoms with Gasteiger partial charge in [-0.05, 0) is 12.8 Å². The van der Waals surface area contributed by atoms with Crippen molar-refractivity contribution in [3.63, 3.8) is 0 Å². The maximum absolute atomic E-state index is 11.8. The first kappa shape index (κ1) is 12.9. The van der Waals surface area contributed by atoms with Crippen LogP contribution in [0.25, 0.3) is 0 Å². The third kappa shape index (κ3) is 3.67. The van der Waals surface area contributed by atoms with Crippen molar-refractivity contribution in [3.05, 3.63) is 0 Å². The Bertz CT molecular complexity index is 170. The minimum atomic E-state index is 0.117. The van der Waals surface area contributed by atoms with Crippen molar-refractivity contribution in [2.45, 2.75) is 33.7 Å². The molecule has 2 nitrogen and oxygen atoms in total. The van der Waals surface area contributed by atoms with Gasteiger partial charge in [0, 0.05) is 24.3 Å². The summed E-state index contributed by atoms with van der Waals surface area (Å²) in [6, 6.07) is 0.272. The molecule has 0 aliphatic carbocycles. The fourth-order valence-electron chi connectivity index (χ4n) is 0.927. The number of rotatable bonds is 4. The highest BCUT2D eigenvalue weighted by Gasteiger charge is 2.22. The minimum Gasteiger partial charge on any atom is -0.342 e. The van der Waals surface area contributed by atoms with Gasteiger partial charge in [0.05, 0.1) is 0 Å². The lowest BCUT2D eigenvalue weighted by Crippen LogP contribution is -2.40. The minimum absolute atomic E-state index is 0.117. The Balaban J connectivity index is 4.25. The van der Waals surface area contributed by atoms with Crippen molar-refractivity contribution in [3.8, 4) is 0 Å². The second-order valence-corrected chi connectivity index (χ2v) is 4.63. The lowest BCUT2D eigenvalue weighted by Gasteiger charge is -2.27. The maximum atomic E-state index is 11.8. The molecule has 0 heterocycles. The van der Waals surface area contributed by atoms with Crippen LogP contribution in [0.4, 0.5) is 0 Å². The molecular formula is C10H20BrNO. The van der Waals surface area contributed by atoms with E-state index in [9.17, 15) is 4.79 Å². The fourth-order valence-corrected chi connectivity index (χ4v) is 1.36. The molecule has 0 aromatic rings. The monoisotopic (exact) mass is 249 g/mol. The van der Waals surface area contributed by atoms with Gasteiger partial charge in [0.25, 0.3) is 0 Å². The molecule has 3 heteroatoms. The average Bonchev–Trinajstić information content (AvgIpc) is 2.12. The Kier molecular flexibility index (Phi) is 5.61. The number of amides is 1. The van der Waals surface area contributed by atoms with Gasteiger partial charge in [0.2, 0.25) is 5.91 Å². The second kappa shape index (κ2) is 5.63. The third-order valence-corrected chi connectivity index (χ3v) is 3.56. The highest BCUT2D eigenvalue weighted by molar-refractivity contribution is 9.09. The molecule has 0 spiro atoms. The zero-order valence-corrected chi connectivity index (χ0v) is 10.8. The van der Waals surface area contributed by atoms with Gasteiger partial charge in [0.15, 0.2) is 0 Å². The fraction of sp³-hybridized carbons (Fsp3) is 0.900. The Morgan fingerprint density at radius 2 is 1.77 bits per heavy atom. The summed E-state index contributed by atoms with van der Waals surface area (Å²) in [4.78, 5) is 13.6. The van der Waals surface area contributed by atoms with E-state index in [1.54, 1.807) is 0 Å². The molecule has 78 valence electrons. The molecule has 0 saturated heterocycles. The van der Waals surface area contributed by atoms with E-state index in [0.717, 1.165) is 5.33 Å². The maximum Gasteiger partial charge on any atom is 0.225 e. The van der Waals surface area contributed by atoms with Crippen LogP contribution in [-0.4, -0.2) is 29.2 Å². The summed E-state index contributed by atoms with van der Waals surface area (Å²) in [5, 5.41) is 0.833. The zero-order valence-electron chi connectivity index (χ0n) is 9.17. The summed E-state index contributed by atoms with van der Waals surface area (Å²) >= 11 is 3.38. The van der Waals surface area contributed by atoms with Crippen LogP contribution in [0.15, 0.2) is 0 Å². The largest absolute Gasteiger partial charge is 0.342 e. The quantitative estimate of drug-likeness (QED) is 0.702. The summed E-state index contributed by atoms with van der Waals surface area (Å²) < 4.78 is 0. The first-order valence-electron chi connectivity index (χ1n) is 4.74. The summed E-state index contributed by atoms with van der Waals surface area (Å²) in [5.41, 5.74) is 0. The van der Waals surface area contributed by atoms with Gasteiger partial charge in [-0.25, -0.2) is 0 Å². The molecule has 0 saturated carbocycles. The highest BCUT2D eigenvalue weighted by atomic mass is 79.9. The van der Waals surface area contributed by atoms with Crippen LogP contribution in [0, 0.1) is 11.8 Å². The van der Waals surface area contributed by atoms with E-state index in [-0.39, 0.29) is 17.9 Å². The Morgan fingerprint density at radius 1 is 1.31 bits per heavy atom. The normalized spacial score (nSPS) is 15.6. The van der Waals surface area contributed by atoms with Crippen LogP contribution in [0.2, 0.25) is 0 Å². The standard InChI is InChI=1S/C10H20BrNO/c1-7(2)9(4)10(13)12(5)8(3)6-11/h7-9H,6H2,1-5H3. The average molecular weight is 250 g/mol.